The minimum absolute atomic E-state index is 0.731. The third-order valence-corrected chi connectivity index (χ3v) is 8.25. The van der Waals surface area contributed by atoms with Gasteiger partial charge in [-0.25, -0.2) is 9.97 Å². The Balaban J connectivity index is 1.26. The zero-order chi connectivity index (χ0) is 29.3. The van der Waals surface area contributed by atoms with Crippen LogP contribution in [-0.2, 0) is 0 Å². The summed E-state index contributed by atoms with van der Waals surface area (Å²) in [5.41, 5.74) is 11.1. The van der Waals surface area contributed by atoms with Gasteiger partial charge in [0.25, 0.3) is 0 Å². The number of fused-ring (bicyclic) bond motifs is 3. The number of benzene rings is 7. The van der Waals surface area contributed by atoms with Gasteiger partial charge in [0.2, 0.25) is 0 Å². The van der Waals surface area contributed by atoms with Gasteiger partial charge in [0.1, 0.15) is 0 Å². The highest BCUT2D eigenvalue weighted by atomic mass is 14.9. The second-order valence-corrected chi connectivity index (χ2v) is 11.1. The molecule has 0 saturated heterocycles. The topological polar surface area (TPSA) is 25.8 Å². The summed E-state index contributed by atoms with van der Waals surface area (Å²) in [6.07, 6.45) is 0. The van der Waals surface area contributed by atoms with E-state index in [4.69, 9.17) is 9.97 Å². The first-order valence-electron chi connectivity index (χ1n) is 14.9. The van der Waals surface area contributed by atoms with Gasteiger partial charge in [-0.1, -0.05) is 146 Å². The standard InChI is InChI=1S/C42H28N2/c1-3-12-29(13-4-1)32-17-9-18-33(26-32)34-19-10-20-35(27-34)36-21-11-22-37(28-36)41-40-38-23-8-7-14-30(38)24-25-39(40)43-42(44-41)31-15-5-2-6-16-31/h1-28H. The molecule has 0 aliphatic rings. The highest BCUT2D eigenvalue weighted by Crippen LogP contribution is 2.36. The maximum Gasteiger partial charge on any atom is 0.160 e. The van der Waals surface area contributed by atoms with E-state index < -0.39 is 0 Å². The molecule has 0 bridgehead atoms. The Morgan fingerprint density at radius 3 is 1.43 bits per heavy atom. The highest BCUT2D eigenvalue weighted by molar-refractivity contribution is 6.12. The molecular formula is C42H28N2. The Morgan fingerprint density at radius 2 is 0.795 bits per heavy atom. The summed E-state index contributed by atoms with van der Waals surface area (Å²) in [5.74, 6) is 0.731. The molecule has 0 unspecified atom stereocenters. The van der Waals surface area contributed by atoms with Crippen molar-refractivity contribution in [2.75, 3.05) is 0 Å². The van der Waals surface area contributed by atoms with E-state index in [9.17, 15) is 0 Å². The van der Waals surface area contributed by atoms with Gasteiger partial charge >= 0.3 is 0 Å². The fraction of sp³-hybridized carbons (Fsp3) is 0. The van der Waals surface area contributed by atoms with Crippen LogP contribution in [0.5, 0.6) is 0 Å². The Kier molecular flexibility index (Phi) is 6.51. The summed E-state index contributed by atoms with van der Waals surface area (Å²) >= 11 is 0. The Bertz CT molecular complexity index is 2270. The number of nitrogens with zero attached hydrogens (tertiary/aromatic N) is 2. The Morgan fingerprint density at radius 1 is 0.318 bits per heavy atom. The molecule has 0 N–H and O–H groups in total. The maximum absolute atomic E-state index is 5.22. The number of hydrogen-bond donors (Lipinski definition) is 0. The monoisotopic (exact) mass is 560 g/mol. The molecular weight excluding hydrogens is 532 g/mol. The molecule has 0 amide bonds. The normalized spacial score (nSPS) is 11.2. The summed E-state index contributed by atoms with van der Waals surface area (Å²) in [6, 6.07) is 59.8. The van der Waals surface area contributed by atoms with Gasteiger partial charge in [-0.3, -0.25) is 0 Å². The van der Waals surface area contributed by atoms with E-state index in [0.29, 0.717) is 0 Å². The van der Waals surface area contributed by atoms with Crippen LogP contribution in [0.15, 0.2) is 170 Å². The van der Waals surface area contributed by atoms with E-state index in [0.717, 1.165) is 44.5 Å². The van der Waals surface area contributed by atoms with Crippen LogP contribution in [0.4, 0.5) is 0 Å². The molecule has 0 aliphatic carbocycles. The summed E-state index contributed by atoms with van der Waals surface area (Å²) in [6.45, 7) is 0. The predicted octanol–water partition coefficient (Wildman–Crippen LogP) is 11.1. The van der Waals surface area contributed by atoms with Crippen molar-refractivity contribution >= 4 is 21.7 Å². The number of rotatable bonds is 5. The third-order valence-electron chi connectivity index (χ3n) is 8.25. The van der Waals surface area contributed by atoms with Crippen molar-refractivity contribution in [1.29, 1.82) is 0 Å². The molecule has 2 heteroatoms. The second-order valence-electron chi connectivity index (χ2n) is 11.1. The van der Waals surface area contributed by atoms with Crippen LogP contribution in [0.1, 0.15) is 0 Å². The van der Waals surface area contributed by atoms with Gasteiger partial charge in [0.05, 0.1) is 11.2 Å². The van der Waals surface area contributed by atoms with Crippen LogP contribution in [-0.4, -0.2) is 9.97 Å². The lowest BCUT2D eigenvalue weighted by Gasteiger charge is -2.13. The molecule has 0 atom stereocenters. The van der Waals surface area contributed by atoms with Crippen LogP contribution < -0.4 is 0 Å². The molecule has 0 fully saturated rings. The first-order chi connectivity index (χ1) is 21.8. The average Bonchev–Trinajstić information content (AvgIpc) is 3.12. The van der Waals surface area contributed by atoms with Crippen LogP contribution >= 0.6 is 0 Å². The largest absolute Gasteiger partial charge is 0.228 e. The van der Waals surface area contributed by atoms with Gasteiger partial charge in [-0.05, 0) is 68.4 Å². The van der Waals surface area contributed by atoms with E-state index in [1.807, 2.05) is 18.2 Å². The summed E-state index contributed by atoms with van der Waals surface area (Å²) in [4.78, 5) is 10.2. The molecule has 8 aromatic rings. The van der Waals surface area contributed by atoms with Crippen molar-refractivity contribution in [1.82, 2.24) is 9.97 Å². The van der Waals surface area contributed by atoms with Crippen LogP contribution in [0.25, 0.3) is 77.7 Å². The van der Waals surface area contributed by atoms with Crippen molar-refractivity contribution in [3.05, 3.63) is 170 Å². The Labute approximate surface area is 257 Å². The van der Waals surface area contributed by atoms with Crippen molar-refractivity contribution in [2.24, 2.45) is 0 Å². The summed E-state index contributed by atoms with van der Waals surface area (Å²) < 4.78 is 0. The van der Waals surface area contributed by atoms with Gasteiger partial charge < -0.3 is 0 Å². The van der Waals surface area contributed by atoms with Crippen molar-refractivity contribution < 1.29 is 0 Å². The van der Waals surface area contributed by atoms with Crippen molar-refractivity contribution in [2.45, 2.75) is 0 Å². The molecule has 2 nitrogen and oxygen atoms in total. The van der Waals surface area contributed by atoms with Gasteiger partial charge in [0.15, 0.2) is 5.82 Å². The Hall–Kier alpha value is -5.86. The zero-order valence-corrected chi connectivity index (χ0v) is 24.1. The predicted molar refractivity (Wildman–Crippen MR) is 184 cm³/mol. The molecule has 206 valence electrons. The number of aromatic nitrogens is 2. The van der Waals surface area contributed by atoms with E-state index in [-0.39, 0.29) is 0 Å². The van der Waals surface area contributed by atoms with Gasteiger partial charge in [-0.2, -0.15) is 0 Å². The van der Waals surface area contributed by atoms with E-state index in [1.165, 1.54) is 33.2 Å². The SMILES string of the molecule is c1ccc(-c2cccc(-c3cccc(-c4cccc(-c5nc(-c6ccccc6)nc6ccc7ccccc7c56)c4)c3)c2)cc1. The summed E-state index contributed by atoms with van der Waals surface area (Å²) in [7, 11) is 0. The quantitative estimate of drug-likeness (QED) is 0.196. The fourth-order valence-electron chi connectivity index (χ4n) is 6.06. The highest BCUT2D eigenvalue weighted by Gasteiger charge is 2.15. The average molecular weight is 561 g/mol. The lowest BCUT2D eigenvalue weighted by molar-refractivity contribution is 1.23. The molecule has 1 heterocycles. The van der Waals surface area contributed by atoms with Crippen LogP contribution in [0.2, 0.25) is 0 Å². The van der Waals surface area contributed by atoms with E-state index in [1.54, 1.807) is 0 Å². The first-order valence-corrected chi connectivity index (χ1v) is 14.9. The third kappa shape index (κ3) is 4.83. The first kappa shape index (κ1) is 25.8. The van der Waals surface area contributed by atoms with E-state index >= 15 is 0 Å². The van der Waals surface area contributed by atoms with Crippen molar-refractivity contribution in [3.8, 4) is 56.0 Å². The molecule has 0 radical (unpaired) electrons. The molecule has 7 aromatic carbocycles. The minimum atomic E-state index is 0.731. The molecule has 0 spiro atoms. The lowest BCUT2D eigenvalue weighted by Crippen LogP contribution is -1.96. The fourth-order valence-corrected chi connectivity index (χ4v) is 6.06. The molecule has 1 aromatic heterocycles. The van der Waals surface area contributed by atoms with Gasteiger partial charge in [-0.15, -0.1) is 0 Å². The lowest BCUT2D eigenvalue weighted by atomic mass is 9.94. The molecule has 44 heavy (non-hydrogen) atoms. The molecule has 8 rings (SSSR count). The molecule has 0 saturated carbocycles. The van der Waals surface area contributed by atoms with Crippen LogP contribution in [0.3, 0.4) is 0 Å². The van der Waals surface area contributed by atoms with Crippen molar-refractivity contribution in [3.63, 3.8) is 0 Å². The smallest absolute Gasteiger partial charge is 0.160 e. The van der Waals surface area contributed by atoms with E-state index in [2.05, 4.69) is 152 Å². The number of hydrogen-bond acceptors (Lipinski definition) is 2. The second kappa shape index (κ2) is 11.1. The summed E-state index contributed by atoms with van der Waals surface area (Å²) in [5, 5.41) is 3.41. The minimum Gasteiger partial charge on any atom is -0.228 e. The van der Waals surface area contributed by atoms with Gasteiger partial charge in [0, 0.05) is 16.5 Å². The maximum atomic E-state index is 5.22. The molecule has 0 aliphatic heterocycles. The zero-order valence-electron chi connectivity index (χ0n) is 24.1. The van der Waals surface area contributed by atoms with Crippen LogP contribution in [0, 0.1) is 0 Å².